The molecule has 2 N–H and O–H groups in total. The van der Waals surface area contributed by atoms with Crippen LogP contribution in [0.15, 0.2) is 24.3 Å². The summed E-state index contributed by atoms with van der Waals surface area (Å²) in [5.74, 6) is 0.458. The first kappa shape index (κ1) is 15.9. The molecule has 0 heterocycles. The van der Waals surface area contributed by atoms with E-state index in [1.165, 1.54) is 0 Å². The Balaban J connectivity index is 2.48. The number of nitrogens with one attached hydrogen (secondary N) is 2. The van der Waals surface area contributed by atoms with Crippen LogP contribution in [0.5, 0.6) is 0 Å². The minimum atomic E-state index is -0.860. The maximum atomic E-state index is 12.0. The summed E-state index contributed by atoms with van der Waals surface area (Å²) in [7, 11) is -0.860. The van der Waals surface area contributed by atoms with Crippen molar-refractivity contribution in [1.82, 2.24) is 5.32 Å². The molecule has 1 amide bonds. The van der Waals surface area contributed by atoms with E-state index in [0.29, 0.717) is 5.75 Å². The molecule has 0 aliphatic carbocycles. The molecular formula is C14H22N2O2S. The molecule has 3 unspecified atom stereocenters. The molecular weight excluding hydrogens is 260 g/mol. The highest BCUT2D eigenvalue weighted by Crippen LogP contribution is 2.09. The highest BCUT2D eigenvalue weighted by molar-refractivity contribution is 7.84. The first-order valence-corrected chi connectivity index (χ1v) is 8.05. The molecule has 0 aliphatic rings. The quantitative estimate of drug-likeness (QED) is 0.834. The van der Waals surface area contributed by atoms with Crippen LogP contribution in [-0.2, 0) is 15.6 Å². The minimum Gasteiger partial charge on any atom is -0.325 e. The summed E-state index contributed by atoms with van der Waals surface area (Å²) in [4.78, 5) is 12.0. The first-order chi connectivity index (χ1) is 8.88. The maximum Gasteiger partial charge on any atom is 0.241 e. The molecule has 106 valence electrons. The van der Waals surface area contributed by atoms with Crippen LogP contribution in [-0.4, -0.2) is 34.2 Å². The van der Waals surface area contributed by atoms with Crippen LogP contribution in [0.4, 0.5) is 5.69 Å². The lowest BCUT2D eigenvalue weighted by Crippen LogP contribution is -2.44. The highest BCUT2D eigenvalue weighted by Gasteiger charge is 2.15. The fourth-order valence-corrected chi connectivity index (χ4v) is 2.59. The monoisotopic (exact) mass is 282 g/mol. The predicted octanol–water partition coefficient (Wildman–Crippen LogP) is 1.68. The van der Waals surface area contributed by atoms with Gasteiger partial charge in [0.15, 0.2) is 0 Å². The summed E-state index contributed by atoms with van der Waals surface area (Å²) in [6, 6.07) is 7.40. The summed E-state index contributed by atoms with van der Waals surface area (Å²) >= 11 is 0. The van der Waals surface area contributed by atoms with E-state index >= 15 is 0 Å². The molecule has 0 aromatic heterocycles. The standard InChI is InChI=1S/C14H22N2O2S/c1-10-5-7-13(8-6-10)16-14(17)12(3)15-11(2)9-19(4)18/h5-8,11-12,15H,9H2,1-4H3,(H,16,17). The number of rotatable bonds is 6. The summed E-state index contributed by atoms with van der Waals surface area (Å²) in [5.41, 5.74) is 1.94. The van der Waals surface area contributed by atoms with Crippen LogP contribution in [0, 0.1) is 6.92 Å². The van der Waals surface area contributed by atoms with Crippen molar-refractivity contribution >= 4 is 22.4 Å². The van der Waals surface area contributed by atoms with Crippen molar-refractivity contribution in [3.63, 3.8) is 0 Å². The Bertz CT molecular complexity index is 445. The van der Waals surface area contributed by atoms with Gasteiger partial charge in [0, 0.05) is 34.5 Å². The maximum absolute atomic E-state index is 12.0. The third-order valence-corrected chi connectivity index (χ3v) is 3.70. The Morgan fingerprint density at radius 3 is 2.37 bits per heavy atom. The first-order valence-electron chi connectivity index (χ1n) is 6.32. The fraction of sp³-hybridized carbons (Fsp3) is 0.500. The minimum absolute atomic E-state index is 0.0459. The zero-order valence-corrected chi connectivity index (χ0v) is 12.7. The molecule has 0 bridgehead atoms. The van der Waals surface area contributed by atoms with Crippen molar-refractivity contribution in [3.8, 4) is 0 Å². The van der Waals surface area contributed by atoms with Crippen LogP contribution >= 0.6 is 0 Å². The third kappa shape index (κ3) is 5.98. The van der Waals surface area contributed by atoms with E-state index in [1.807, 2.05) is 38.1 Å². The van der Waals surface area contributed by atoms with Gasteiger partial charge in [0.1, 0.15) is 0 Å². The highest BCUT2D eigenvalue weighted by atomic mass is 32.2. The SMILES string of the molecule is Cc1ccc(NC(=O)C(C)NC(C)CS(C)=O)cc1. The number of aryl methyl sites for hydroxylation is 1. The Kier molecular flexibility index (Phi) is 6.18. The van der Waals surface area contributed by atoms with Crippen molar-refractivity contribution in [1.29, 1.82) is 0 Å². The number of benzene rings is 1. The molecule has 5 heteroatoms. The number of carbonyl (C=O) groups excluding carboxylic acids is 1. The number of amides is 1. The lowest BCUT2D eigenvalue weighted by atomic mass is 10.2. The Hall–Kier alpha value is -1.20. The molecule has 0 spiro atoms. The van der Waals surface area contributed by atoms with Gasteiger partial charge in [-0.2, -0.15) is 0 Å². The van der Waals surface area contributed by atoms with Crippen LogP contribution in [0.25, 0.3) is 0 Å². The van der Waals surface area contributed by atoms with Gasteiger partial charge in [-0.15, -0.1) is 0 Å². The van der Waals surface area contributed by atoms with Gasteiger partial charge in [-0.05, 0) is 32.9 Å². The second kappa shape index (κ2) is 7.40. The smallest absolute Gasteiger partial charge is 0.241 e. The van der Waals surface area contributed by atoms with E-state index in [0.717, 1.165) is 11.3 Å². The lowest BCUT2D eigenvalue weighted by Gasteiger charge is -2.18. The molecule has 0 aliphatic heterocycles. The van der Waals surface area contributed by atoms with Crippen LogP contribution in [0.1, 0.15) is 19.4 Å². The van der Waals surface area contributed by atoms with Crippen molar-refractivity contribution in [2.75, 3.05) is 17.3 Å². The Morgan fingerprint density at radius 2 is 1.84 bits per heavy atom. The van der Waals surface area contributed by atoms with Crippen molar-refractivity contribution in [2.45, 2.75) is 32.9 Å². The van der Waals surface area contributed by atoms with Gasteiger partial charge in [0.25, 0.3) is 0 Å². The van der Waals surface area contributed by atoms with Gasteiger partial charge in [0.05, 0.1) is 6.04 Å². The summed E-state index contributed by atoms with van der Waals surface area (Å²) in [6.45, 7) is 5.73. The number of hydrogen-bond acceptors (Lipinski definition) is 3. The third-order valence-electron chi connectivity index (χ3n) is 2.73. The van der Waals surface area contributed by atoms with Crippen LogP contribution in [0.2, 0.25) is 0 Å². The van der Waals surface area contributed by atoms with Gasteiger partial charge in [0.2, 0.25) is 5.91 Å². The van der Waals surface area contributed by atoms with Crippen LogP contribution < -0.4 is 10.6 Å². The van der Waals surface area contributed by atoms with Crippen molar-refractivity contribution in [2.24, 2.45) is 0 Å². The number of hydrogen-bond donors (Lipinski definition) is 2. The zero-order chi connectivity index (χ0) is 14.4. The number of carbonyl (C=O) groups is 1. The Labute approximate surface area is 117 Å². The van der Waals surface area contributed by atoms with Gasteiger partial charge < -0.3 is 10.6 Å². The van der Waals surface area contributed by atoms with E-state index in [9.17, 15) is 9.00 Å². The fourth-order valence-electron chi connectivity index (χ4n) is 1.79. The van der Waals surface area contributed by atoms with Crippen molar-refractivity contribution in [3.05, 3.63) is 29.8 Å². The topological polar surface area (TPSA) is 58.2 Å². The van der Waals surface area contributed by atoms with Gasteiger partial charge in [-0.1, -0.05) is 17.7 Å². The Morgan fingerprint density at radius 1 is 1.26 bits per heavy atom. The molecule has 0 saturated heterocycles. The van der Waals surface area contributed by atoms with Gasteiger partial charge in [-0.25, -0.2) is 0 Å². The largest absolute Gasteiger partial charge is 0.325 e. The molecule has 1 aromatic rings. The molecule has 3 atom stereocenters. The summed E-state index contributed by atoms with van der Waals surface area (Å²) in [6.07, 6.45) is 1.66. The average molecular weight is 282 g/mol. The van der Waals surface area contributed by atoms with E-state index in [2.05, 4.69) is 10.6 Å². The molecule has 19 heavy (non-hydrogen) atoms. The van der Waals surface area contributed by atoms with Gasteiger partial charge in [-0.3, -0.25) is 9.00 Å². The number of anilines is 1. The lowest BCUT2D eigenvalue weighted by molar-refractivity contribution is -0.117. The zero-order valence-electron chi connectivity index (χ0n) is 11.9. The average Bonchev–Trinajstić information content (AvgIpc) is 2.30. The predicted molar refractivity (Wildman–Crippen MR) is 80.8 cm³/mol. The van der Waals surface area contributed by atoms with Crippen LogP contribution in [0.3, 0.4) is 0 Å². The van der Waals surface area contributed by atoms with Crippen molar-refractivity contribution < 1.29 is 9.00 Å². The molecule has 0 saturated carbocycles. The van der Waals surface area contributed by atoms with Gasteiger partial charge >= 0.3 is 0 Å². The normalized spacial score (nSPS) is 15.6. The second-order valence-electron chi connectivity index (χ2n) is 4.88. The molecule has 0 radical (unpaired) electrons. The van der Waals surface area contributed by atoms with E-state index in [1.54, 1.807) is 13.2 Å². The molecule has 4 nitrogen and oxygen atoms in total. The summed E-state index contributed by atoms with van der Waals surface area (Å²) < 4.78 is 11.1. The summed E-state index contributed by atoms with van der Waals surface area (Å²) in [5, 5.41) is 5.99. The molecule has 1 aromatic carbocycles. The van der Waals surface area contributed by atoms with E-state index in [-0.39, 0.29) is 18.0 Å². The van der Waals surface area contributed by atoms with E-state index < -0.39 is 10.8 Å². The van der Waals surface area contributed by atoms with E-state index in [4.69, 9.17) is 0 Å². The molecule has 0 fully saturated rings. The molecule has 1 rings (SSSR count). The second-order valence-corrected chi connectivity index (χ2v) is 6.36.